The third kappa shape index (κ3) is 6.92. The Labute approximate surface area is 112 Å². The van der Waals surface area contributed by atoms with Crippen LogP contribution in [0.15, 0.2) is 24.3 Å². The smallest absolute Gasteiger partial charge is 0.404 e. The van der Waals surface area contributed by atoms with Gasteiger partial charge in [0.1, 0.15) is 6.61 Å². The van der Waals surface area contributed by atoms with Crippen LogP contribution in [-0.4, -0.2) is 18.7 Å². The molecule has 0 heterocycles. The lowest BCUT2D eigenvalue weighted by Crippen LogP contribution is -2.30. The van der Waals surface area contributed by atoms with E-state index in [2.05, 4.69) is 5.32 Å². The first-order chi connectivity index (χ1) is 9.08. The van der Waals surface area contributed by atoms with Crippen LogP contribution < -0.4 is 16.8 Å². The van der Waals surface area contributed by atoms with Crippen LogP contribution >= 0.6 is 0 Å². The van der Waals surface area contributed by atoms with Crippen LogP contribution in [0.5, 0.6) is 0 Å². The SMILES string of the molecule is NC(=O)NCCCCc1ccc(COC(N)=O)cc1. The number of carbonyl (C=O) groups is 2. The molecule has 1 aromatic rings. The number of unbranched alkanes of at least 4 members (excludes halogenated alkanes) is 1. The molecule has 0 spiro atoms. The fourth-order valence-corrected chi connectivity index (χ4v) is 1.62. The zero-order chi connectivity index (χ0) is 14.1. The maximum absolute atomic E-state index is 10.5. The Morgan fingerprint density at radius 3 is 2.26 bits per heavy atom. The molecule has 104 valence electrons. The van der Waals surface area contributed by atoms with Gasteiger partial charge in [0.05, 0.1) is 0 Å². The molecule has 0 aliphatic rings. The van der Waals surface area contributed by atoms with Crippen molar-refractivity contribution in [2.75, 3.05) is 6.54 Å². The summed E-state index contributed by atoms with van der Waals surface area (Å²) in [5, 5.41) is 2.55. The second-order valence-electron chi connectivity index (χ2n) is 4.17. The van der Waals surface area contributed by atoms with Crippen LogP contribution in [0.25, 0.3) is 0 Å². The highest BCUT2D eigenvalue weighted by Gasteiger charge is 1.98. The molecule has 0 radical (unpaired) electrons. The zero-order valence-electron chi connectivity index (χ0n) is 10.7. The molecule has 3 amide bonds. The molecule has 0 saturated heterocycles. The third-order valence-electron chi connectivity index (χ3n) is 2.60. The van der Waals surface area contributed by atoms with Gasteiger partial charge in [0, 0.05) is 6.54 Å². The average molecular weight is 265 g/mol. The Morgan fingerprint density at radius 1 is 1.05 bits per heavy atom. The number of carbonyl (C=O) groups excluding carboxylic acids is 2. The van der Waals surface area contributed by atoms with E-state index in [1.165, 1.54) is 5.56 Å². The van der Waals surface area contributed by atoms with E-state index < -0.39 is 12.1 Å². The Kier molecular flexibility index (Phi) is 6.21. The summed E-state index contributed by atoms with van der Waals surface area (Å²) in [6.07, 6.45) is 2.01. The Balaban J connectivity index is 2.24. The first-order valence-corrected chi connectivity index (χ1v) is 6.11. The van der Waals surface area contributed by atoms with E-state index in [-0.39, 0.29) is 6.61 Å². The number of hydrogen-bond acceptors (Lipinski definition) is 3. The predicted molar refractivity (Wildman–Crippen MR) is 71.3 cm³/mol. The van der Waals surface area contributed by atoms with Crippen molar-refractivity contribution in [3.63, 3.8) is 0 Å². The van der Waals surface area contributed by atoms with Gasteiger partial charge < -0.3 is 21.5 Å². The highest BCUT2D eigenvalue weighted by Crippen LogP contribution is 2.08. The molecular weight excluding hydrogens is 246 g/mol. The maximum Gasteiger partial charge on any atom is 0.404 e. The van der Waals surface area contributed by atoms with Crippen LogP contribution in [0, 0.1) is 0 Å². The summed E-state index contributed by atoms with van der Waals surface area (Å²) in [5.74, 6) is 0. The minimum absolute atomic E-state index is 0.193. The predicted octanol–water partition coefficient (Wildman–Crippen LogP) is 1.27. The molecule has 6 nitrogen and oxygen atoms in total. The standard InChI is InChI=1S/C13H19N3O3/c14-12(17)16-8-2-1-3-10-4-6-11(7-5-10)9-19-13(15)18/h4-7H,1-3,8-9H2,(H2,15,18)(H3,14,16,17). The van der Waals surface area contributed by atoms with Crippen molar-refractivity contribution in [1.29, 1.82) is 0 Å². The highest BCUT2D eigenvalue weighted by molar-refractivity contribution is 5.71. The van der Waals surface area contributed by atoms with Gasteiger partial charge in [-0.1, -0.05) is 24.3 Å². The molecule has 1 aromatic carbocycles. The number of rotatable bonds is 7. The second-order valence-corrected chi connectivity index (χ2v) is 4.17. The third-order valence-corrected chi connectivity index (χ3v) is 2.60. The number of aryl methyl sites for hydroxylation is 1. The van der Waals surface area contributed by atoms with Gasteiger partial charge in [-0.15, -0.1) is 0 Å². The summed E-state index contributed by atoms with van der Waals surface area (Å²) >= 11 is 0. The molecule has 0 bridgehead atoms. The molecule has 0 fully saturated rings. The quantitative estimate of drug-likeness (QED) is 0.646. The molecule has 6 heteroatoms. The van der Waals surface area contributed by atoms with Crippen LogP contribution in [-0.2, 0) is 17.8 Å². The average Bonchev–Trinajstić information content (AvgIpc) is 2.37. The molecule has 0 aromatic heterocycles. The van der Waals surface area contributed by atoms with E-state index in [0.29, 0.717) is 6.54 Å². The number of urea groups is 1. The number of amides is 3. The lowest BCUT2D eigenvalue weighted by Gasteiger charge is -2.05. The van der Waals surface area contributed by atoms with E-state index in [4.69, 9.17) is 16.2 Å². The van der Waals surface area contributed by atoms with Gasteiger partial charge in [-0.3, -0.25) is 0 Å². The summed E-state index contributed by atoms with van der Waals surface area (Å²) in [4.78, 5) is 20.9. The Morgan fingerprint density at radius 2 is 1.68 bits per heavy atom. The maximum atomic E-state index is 10.5. The summed E-state index contributed by atoms with van der Waals surface area (Å²) < 4.78 is 4.69. The molecule has 1 rings (SSSR count). The molecule has 0 unspecified atom stereocenters. The lowest BCUT2D eigenvalue weighted by molar-refractivity contribution is 0.150. The van der Waals surface area contributed by atoms with Crippen molar-refractivity contribution >= 4 is 12.1 Å². The summed E-state index contributed by atoms with van der Waals surface area (Å²) in [6, 6.07) is 7.29. The minimum Gasteiger partial charge on any atom is -0.445 e. The highest BCUT2D eigenvalue weighted by atomic mass is 16.5. The van der Waals surface area contributed by atoms with Gasteiger partial charge in [-0.05, 0) is 30.4 Å². The van der Waals surface area contributed by atoms with Gasteiger partial charge in [-0.2, -0.15) is 0 Å². The van der Waals surface area contributed by atoms with Gasteiger partial charge >= 0.3 is 12.1 Å². The van der Waals surface area contributed by atoms with Gasteiger partial charge in [0.15, 0.2) is 0 Å². The number of primary amides is 2. The van der Waals surface area contributed by atoms with Gasteiger partial charge in [-0.25, -0.2) is 9.59 Å². The van der Waals surface area contributed by atoms with Crippen LogP contribution in [0.1, 0.15) is 24.0 Å². The normalized spacial score (nSPS) is 9.89. The van der Waals surface area contributed by atoms with E-state index >= 15 is 0 Å². The van der Waals surface area contributed by atoms with Gasteiger partial charge in [0.25, 0.3) is 0 Å². The molecule has 0 saturated carbocycles. The van der Waals surface area contributed by atoms with Crippen molar-refractivity contribution in [1.82, 2.24) is 5.32 Å². The number of nitrogens with two attached hydrogens (primary N) is 2. The Hall–Kier alpha value is -2.24. The van der Waals surface area contributed by atoms with Crippen molar-refractivity contribution in [3.05, 3.63) is 35.4 Å². The first kappa shape index (κ1) is 14.8. The number of ether oxygens (including phenoxy) is 1. The number of benzene rings is 1. The molecule has 0 aliphatic carbocycles. The number of hydrogen-bond donors (Lipinski definition) is 3. The van der Waals surface area contributed by atoms with Gasteiger partial charge in [0.2, 0.25) is 0 Å². The zero-order valence-corrected chi connectivity index (χ0v) is 10.7. The van der Waals surface area contributed by atoms with Crippen molar-refractivity contribution in [2.24, 2.45) is 11.5 Å². The number of nitrogens with one attached hydrogen (secondary N) is 1. The largest absolute Gasteiger partial charge is 0.445 e. The fourth-order valence-electron chi connectivity index (χ4n) is 1.62. The first-order valence-electron chi connectivity index (χ1n) is 6.11. The van der Waals surface area contributed by atoms with E-state index in [9.17, 15) is 9.59 Å². The summed E-state index contributed by atoms with van der Waals surface area (Å²) in [5.41, 5.74) is 11.9. The van der Waals surface area contributed by atoms with Crippen molar-refractivity contribution in [3.8, 4) is 0 Å². The Bertz CT molecular complexity index is 418. The topological polar surface area (TPSA) is 107 Å². The van der Waals surface area contributed by atoms with E-state index in [1.54, 1.807) is 0 Å². The summed E-state index contributed by atoms with van der Waals surface area (Å²) in [7, 11) is 0. The van der Waals surface area contributed by atoms with Crippen LogP contribution in [0.4, 0.5) is 9.59 Å². The van der Waals surface area contributed by atoms with E-state index in [0.717, 1.165) is 24.8 Å². The molecule has 0 atom stereocenters. The fraction of sp³-hybridized carbons (Fsp3) is 0.385. The summed E-state index contributed by atoms with van der Waals surface area (Å²) in [6.45, 7) is 0.790. The van der Waals surface area contributed by atoms with Crippen LogP contribution in [0.2, 0.25) is 0 Å². The van der Waals surface area contributed by atoms with Crippen LogP contribution in [0.3, 0.4) is 0 Å². The minimum atomic E-state index is -0.772. The molecule has 0 aliphatic heterocycles. The molecule has 5 N–H and O–H groups in total. The molecular formula is C13H19N3O3. The van der Waals surface area contributed by atoms with Crippen molar-refractivity contribution in [2.45, 2.75) is 25.9 Å². The van der Waals surface area contributed by atoms with Crippen molar-refractivity contribution < 1.29 is 14.3 Å². The van der Waals surface area contributed by atoms with E-state index in [1.807, 2.05) is 24.3 Å². The molecule has 19 heavy (non-hydrogen) atoms. The monoisotopic (exact) mass is 265 g/mol. The second kappa shape index (κ2) is 7.97. The lowest BCUT2D eigenvalue weighted by atomic mass is 10.1.